The lowest BCUT2D eigenvalue weighted by Gasteiger charge is -2.32. The lowest BCUT2D eigenvalue weighted by atomic mass is 9.97. The Hall–Kier alpha value is -0.570. The second kappa shape index (κ2) is 8.57. The molecule has 2 rings (SSSR count). The maximum Gasteiger partial charge on any atom is 0.0233 e. The van der Waals surface area contributed by atoms with Crippen LogP contribution < -0.4 is 5.32 Å². The highest BCUT2D eigenvalue weighted by atomic mass is 35.5. The van der Waals surface area contributed by atoms with Crippen molar-refractivity contribution in [1.29, 1.82) is 0 Å². The summed E-state index contributed by atoms with van der Waals surface area (Å²) in [6, 6.07) is 9.12. The Balaban J connectivity index is 0.00000180. The van der Waals surface area contributed by atoms with Crippen molar-refractivity contribution >= 4 is 12.4 Å². The minimum absolute atomic E-state index is 0. The number of hydrogen-bond donors (Lipinski definition) is 1. The van der Waals surface area contributed by atoms with E-state index in [0.717, 1.165) is 25.4 Å². The number of benzene rings is 1. The standard InChI is InChI=1S/C16H26N2.ClH/c1-3-14-6-8-15(9-7-14)12-18-10-4-5-16(13-18)11-17-2;/h6-9,16-17H,3-5,10-13H2,1-2H3;1H. The van der Waals surface area contributed by atoms with E-state index in [9.17, 15) is 0 Å². The van der Waals surface area contributed by atoms with Crippen molar-refractivity contribution in [3.8, 4) is 0 Å². The molecule has 0 aliphatic carbocycles. The minimum atomic E-state index is 0. The molecule has 1 aliphatic heterocycles. The first-order valence-electron chi connectivity index (χ1n) is 7.26. The van der Waals surface area contributed by atoms with E-state index in [1.807, 2.05) is 0 Å². The molecule has 0 radical (unpaired) electrons. The number of aryl methyl sites for hydroxylation is 1. The van der Waals surface area contributed by atoms with Crippen molar-refractivity contribution in [2.45, 2.75) is 32.7 Å². The van der Waals surface area contributed by atoms with Crippen molar-refractivity contribution in [2.75, 3.05) is 26.7 Å². The molecule has 1 aromatic carbocycles. The van der Waals surface area contributed by atoms with Crippen LogP contribution in [-0.2, 0) is 13.0 Å². The van der Waals surface area contributed by atoms with Crippen molar-refractivity contribution in [3.05, 3.63) is 35.4 Å². The van der Waals surface area contributed by atoms with Crippen LogP contribution in [0.2, 0.25) is 0 Å². The zero-order valence-electron chi connectivity index (χ0n) is 12.2. The molecule has 1 N–H and O–H groups in total. The predicted octanol–water partition coefficient (Wildman–Crippen LogP) is 3.10. The van der Waals surface area contributed by atoms with Crippen molar-refractivity contribution < 1.29 is 0 Å². The second-order valence-corrected chi connectivity index (χ2v) is 5.47. The molecule has 3 heteroatoms. The third-order valence-electron chi connectivity index (χ3n) is 3.93. The van der Waals surface area contributed by atoms with Crippen LogP contribution in [0.15, 0.2) is 24.3 Å². The number of hydrogen-bond acceptors (Lipinski definition) is 2. The van der Waals surface area contributed by atoms with Crippen molar-refractivity contribution in [1.82, 2.24) is 10.2 Å². The first-order chi connectivity index (χ1) is 8.81. The molecule has 0 amide bonds. The van der Waals surface area contributed by atoms with Crippen LogP contribution >= 0.6 is 12.4 Å². The van der Waals surface area contributed by atoms with E-state index in [1.165, 1.54) is 37.1 Å². The molecule has 0 spiro atoms. The van der Waals surface area contributed by atoms with Crippen LogP contribution in [0.5, 0.6) is 0 Å². The number of nitrogens with one attached hydrogen (secondary N) is 1. The van der Waals surface area contributed by atoms with E-state index < -0.39 is 0 Å². The van der Waals surface area contributed by atoms with Crippen LogP contribution in [-0.4, -0.2) is 31.6 Å². The van der Waals surface area contributed by atoms with Crippen LogP contribution in [0.1, 0.15) is 30.9 Å². The van der Waals surface area contributed by atoms with E-state index >= 15 is 0 Å². The number of likely N-dealkylation sites (tertiary alicyclic amines) is 1. The summed E-state index contributed by atoms with van der Waals surface area (Å²) in [5.41, 5.74) is 2.89. The average Bonchev–Trinajstić information content (AvgIpc) is 2.40. The summed E-state index contributed by atoms with van der Waals surface area (Å²) in [4.78, 5) is 2.60. The third kappa shape index (κ3) is 5.13. The number of nitrogens with zero attached hydrogens (tertiary/aromatic N) is 1. The fraction of sp³-hybridized carbons (Fsp3) is 0.625. The molecule has 1 aliphatic rings. The second-order valence-electron chi connectivity index (χ2n) is 5.47. The summed E-state index contributed by atoms with van der Waals surface area (Å²) >= 11 is 0. The quantitative estimate of drug-likeness (QED) is 0.893. The first-order valence-corrected chi connectivity index (χ1v) is 7.26. The monoisotopic (exact) mass is 282 g/mol. The molecule has 19 heavy (non-hydrogen) atoms. The van der Waals surface area contributed by atoms with Gasteiger partial charge in [0.1, 0.15) is 0 Å². The number of rotatable bonds is 5. The Kier molecular flexibility index (Phi) is 7.44. The molecule has 108 valence electrons. The van der Waals surface area contributed by atoms with E-state index in [1.54, 1.807) is 0 Å². The molecule has 1 aromatic rings. The summed E-state index contributed by atoms with van der Waals surface area (Å²) in [5.74, 6) is 0.832. The Labute approximate surface area is 124 Å². The van der Waals surface area contributed by atoms with Gasteiger partial charge >= 0.3 is 0 Å². The Morgan fingerprint density at radius 3 is 2.53 bits per heavy atom. The van der Waals surface area contributed by atoms with Gasteiger partial charge in [-0.15, -0.1) is 12.4 Å². The van der Waals surface area contributed by atoms with Gasteiger partial charge in [-0.2, -0.15) is 0 Å². The minimum Gasteiger partial charge on any atom is -0.319 e. The topological polar surface area (TPSA) is 15.3 Å². The zero-order chi connectivity index (χ0) is 12.8. The fourth-order valence-corrected chi connectivity index (χ4v) is 2.89. The molecular formula is C16H27ClN2. The highest BCUT2D eigenvalue weighted by Crippen LogP contribution is 2.18. The smallest absolute Gasteiger partial charge is 0.0233 e. The molecular weight excluding hydrogens is 256 g/mol. The number of halogens is 1. The molecule has 1 unspecified atom stereocenters. The number of piperidine rings is 1. The van der Waals surface area contributed by atoms with Gasteiger partial charge in [0.05, 0.1) is 0 Å². The highest BCUT2D eigenvalue weighted by molar-refractivity contribution is 5.85. The highest BCUT2D eigenvalue weighted by Gasteiger charge is 2.18. The van der Waals surface area contributed by atoms with Crippen LogP contribution in [0.4, 0.5) is 0 Å². The van der Waals surface area contributed by atoms with Crippen molar-refractivity contribution in [2.24, 2.45) is 5.92 Å². The van der Waals surface area contributed by atoms with Crippen LogP contribution in [0.25, 0.3) is 0 Å². The maximum absolute atomic E-state index is 3.31. The van der Waals surface area contributed by atoms with Gasteiger partial charge in [0, 0.05) is 13.1 Å². The van der Waals surface area contributed by atoms with Crippen LogP contribution in [0, 0.1) is 5.92 Å². The lowest BCUT2D eigenvalue weighted by molar-refractivity contribution is 0.167. The SMILES string of the molecule is CCc1ccc(CN2CCCC(CNC)C2)cc1.Cl. The summed E-state index contributed by atoms with van der Waals surface area (Å²) in [7, 11) is 2.06. The molecule has 1 atom stereocenters. The lowest BCUT2D eigenvalue weighted by Crippen LogP contribution is -2.38. The first kappa shape index (κ1) is 16.5. The average molecular weight is 283 g/mol. The van der Waals surface area contributed by atoms with E-state index in [0.29, 0.717) is 0 Å². The largest absolute Gasteiger partial charge is 0.319 e. The van der Waals surface area contributed by atoms with E-state index in [4.69, 9.17) is 0 Å². The summed E-state index contributed by atoms with van der Waals surface area (Å²) in [6.45, 7) is 6.99. The van der Waals surface area contributed by atoms with Gasteiger partial charge in [-0.05, 0) is 56.4 Å². The normalized spacial score (nSPS) is 20.0. The molecule has 0 saturated carbocycles. The molecule has 1 saturated heterocycles. The Bertz CT molecular complexity index is 348. The Morgan fingerprint density at radius 1 is 1.21 bits per heavy atom. The fourth-order valence-electron chi connectivity index (χ4n) is 2.89. The zero-order valence-corrected chi connectivity index (χ0v) is 13.0. The summed E-state index contributed by atoms with van der Waals surface area (Å²) in [5, 5.41) is 3.31. The maximum atomic E-state index is 3.31. The van der Waals surface area contributed by atoms with Gasteiger partial charge in [-0.25, -0.2) is 0 Å². The predicted molar refractivity (Wildman–Crippen MR) is 85.0 cm³/mol. The van der Waals surface area contributed by atoms with Gasteiger partial charge in [0.15, 0.2) is 0 Å². The molecule has 0 aromatic heterocycles. The van der Waals surface area contributed by atoms with Gasteiger partial charge < -0.3 is 5.32 Å². The molecule has 0 bridgehead atoms. The molecule has 1 heterocycles. The summed E-state index contributed by atoms with van der Waals surface area (Å²) < 4.78 is 0. The summed E-state index contributed by atoms with van der Waals surface area (Å²) in [6.07, 6.45) is 3.86. The van der Waals surface area contributed by atoms with Gasteiger partial charge in [0.2, 0.25) is 0 Å². The van der Waals surface area contributed by atoms with E-state index in [2.05, 4.69) is 48.5 Å². The molecule has 1 fully saturated rings. The van der Waals surface area contributed by atoms with Gasteiger partial charge in [0.25, 0.3) is 0 Å². The third-order valence-corrected chi connectivity index (χ3v) is 3.93. The van der Waals surface area contributed by atoms with Crippen molar-refractivity contribution in [3.63, 3.8) is 0 Å². The van der Waals surface area contributed by atoms with Crippen LogP contribution in [0.3, 0.4) is 0 Å². The van der Waals surface area contributed by atoms with E-state index in [-0.39, 0.29) is 12.4 Å². The molecule has 2 nitrogen and oxygen atoms in total. The van der Waals surface area contributed by atoms with Gasteiger partial charge in [-0.3, -0.25) is 4.90 Å². The van der Waals surface area contributed by atoms with Gasteiger partial charge in [-0.1, -0.05) is 31.2 Å². The Morgan fingerprint density at radius 2 is 1.89 bits per heavy atom.